The molecule has 2 rings (SSSR count). The summed E-state index contributed by atoms with van der Waals surface area (Å²) in [6.45, 7) is 5.06. The van der Waals surface area contributed by atoms with Gasteiger partial charge in [0.25, 0.3) is 0 Å². The normalized spacial score (nSPS) is 11.6. The van der Waals surface area contributed by atoms with Gasteiger partial charge < -0.3 is 10.2 Å². The Labute approximate surface area is 169 Å². The van der Waals surface area contributed by atoms with E-state index in [1.54, 1.807) is 4.90 Å². The SMILES string of the molecule is CCCCCNC(=O)[C@@H](C)N(Cc1ccccc1)C(=O)CCc1ccccc1. The van der Waals surface area contributed by atoms with Gasteiger partial charge in [0.2, 0.25) is 11.8 Å². The summed E-state index contributed by atoms with van der Waals surface area (Å²) in [4.78, 5) is 27.3. The van der Waals surface area contributed by atoms with Crippen molar-refractivity contribution in [1.82, 2.24) is 10.2 Å². The Kier molecular flexibility index (Phi) is 9.26. The van der Waals surface area contributed by atoms with Crippen LogP contribution in [0.2, 0.25) is 0 Å². The summed E-state index contributed by atoms with van der Waals surface area (Å²) in [5.74, 6) is -0.0796. The van der Waals surface area contributed by atoms with Crippen molar-refractivity contribution >= 4 is 11.8 Å². The molecule has 0 heterocycles. The highest BCUT2D eigenvalue weighted by Crippen LogP contribution is 2.13. The van der Waals surface area contributed by atoms with Crippen molar-refractivity contribution in [1.29, 1.82) is 0 Å². The van der Waals surface area contributed by atoms with Gasteiger partial charge in [-0.1, -0.05) is 80.4 Å². The third-order valence-corrected chi connectivity index (χ3v) is 4.91. The molecule has 0 aliphatic carbocycles. The summed E-state index contributed by atoms with van der Waals surface area (Å²) in [7, 11) is 0. The van der Waals surface area contributed by atoms with Crippen molar-refractivity contribution in [2.45, 2.75) is 58.5 Å². The lowest BCUT2D eigenvalue weighted by Crippen LogP contribution is -2.47. The number of nitrogens with one attached hydrogen (secondary N) is 1. The molecule has 28 heavy (non-hydrogen) atoms. The molecule has 0 aromatic heterocycles. The Morgan fingerprint density at radius 2 is 1.54 bits per heavy atom. The Morgan fingerprint density at radius 1 is 0.929 bits per heavy atom. The maximum Gasteiger partial charge on any atom is 0.242 e. The molecule has 0 bridgehead atoms. The van der Waals surface area contributed by atoms with E-state index in [4.69, 9.17) is 0 Å². The van der Waals surface area contributed by atoms with Crippen molar-refractivity contribution < 1.29 is 9.59 Å². The van der Waals surface area contributed by atoms with Crippen LogP contribution in [0.3, 0.4) is 0 Å². The number of hydrogen-bond donors (Lipinski definition) is 1. The van der Waals surface area contributed by atoms with Crippen LogP contribution >= 0.6 is 0 Å². The molecular weight excluding hydrogens is 348 g/mol. The zero-order chi connectivity index (χ0) is 20.2. The molecule has 0 saturated carbocycles. The highest BCUT2D eigenvalue weighted by molar-refractivity contribution is 5.87. The molecule has 1 N–H and O–H groups in total. The van der Waals surface area contributed by atoms with E-state index in [0.29, 0.717) is 25.9 Å². The molecule has 0 radical (unpaired) electrons. The van der Waals surface area contributed by atoms with E-state index >= 15 is 0 Å². The number of rotatable bonds is 11. The van der Waals surface area contributed by atoms with Crippen LogP contribution in [-0.2, 0) is 22.6 Å². The fourth-order valence-corrected chi connectivity index (χ4v) is 3.14. The number of carbonyl (C=O) groups is 2. The minimum atomic E-state index is -0.495. The Balaban J connectivity index is 2.02. The number of amides is 2. The third-order valence-electron chi connectivity index (χ3n) is 4.91. The Hall–Kier alpha value is -2.62. The highest BCUT2D eigenvalue weighted by Gasteiger charge is 2.25. The standard InChI is InChI=1S/C24H32N2O2/c1-3-4-11-18-25-24(28)20(2)26(19-22-14-9-6-10-15-22)23(27)17-16-21-12-7-5-8-13-21/h5-10,12-15,20H,3-4,11,16-19H2,1-2H3,(H,25,28)/t20-/m1/s1. The zero-order valence-corrected chi connectivity index (χ0v) is 17.1. The lowest BCUT2D eigenvalue weighted by atomic mass is 10.1. The van der Waals surface area contributed by atoms with Gasteiger partial charge in [-0.2, -0.15) is 0 Å². The number of benzene rings is 2. The van der Waals surface area contributed by atoms with Crippen LogP contribution in [0.4, 0.5) is 0 Å². The van der Waals surface area contributed by atoms with Crippen LogP contribution in [0.15, 0.2) is 60.7 Å². The molecule has 2 aromatic rings. The highest BCUT2D eigenvalue weighted by atomic mass is 16.2. The quantitative estimate of drug-likeness (QED) is 0.590. The largest absolute Gasteiger partial charge is 0.354 e. The predicted molar refractivity (Wildman–Crippen MR) is 114 cm³/mol. The van der Waals surface area contributed by atoms with Crippen LogP contribution < -0.4 is 5.32 Å². The van der Waals surface area contributed by atoms with Gasteiger partial charge in [-0.05, 0) is 30.9 Å². The molecule has 0 aliphatic heterocycles. The molecule has 150 valence electrons. The number of hydrogen-bond acceptors (Lipinski definition) is 2. The number of nitrogens with zero attached hydrogens (tertiary/aromatic N) is 1. The van der Waals surface area contributed by atoms with Gasteiger partial charge in [-0.3, -0.25) is 9.59 Å². The molecule has 1 atom stereocenters. The fourth-order valence-electron chi connectivity index (χ4n) is 3.14. The summed E-state index contributed by atoms with van der Waals surface area (Å²) in [5, 5.41) is 2.98. The second-order valence-electron chi connectivity index (χ2n) is 7.17. The van der Waals surface area contributed by atoms with Gasteiger partial charge in [0, 0.05) is 19.5 Å². The molecule has 0 saturated heterocycles. The van der Waals surface area contributed by atoms with E-state index in [2.05, 4.69) is 12.2 Å². The van der Waals surface area contributed by atoms with Crippen molar-refractivity contribution in [3.8, 4) is 0 Å². The van der Waals surface area contributed by atoms with Gasteiger partial charge in [-0.25, -0.2) is 0 Å². The van der Waals surface area contributed by atoms with Crippen LogP contribution in [0, 0.1) is 0 Å². The monoisotopic (exact) mass is 380 g/mol. The molecular formula is C24H32N2O2. The molecule has 0 fully saturated rings. The molecule has 2 aromatic carbocycles. The number of carbonyl (C=O) groups excluding carboxylic acids is 2. The smallest absolute Gasteiger partial charge is 0.242 e. The van der Waals surface area contributed by atoms with E-state index in [1.165, 1.54) is 0 Å². The summed E-state index contributed by atoms with van der Waals surface area (Å²) in [6.07, 6.45) is 4.25. The zero-order valence-electron chi connectivity index (χ0n) is 17.1. The molecule has 4 nitrogen and oxygen atoms in total. The summed E-state index contributed by atoms with van der Waals surface area (Å²) in [6, 6.07) is 19.3. The Bertz CT molecular complexity index is 716. The van der Waals surface area contributed by atoms with Crippen LogP contribution in [0.25, 0.3) is 0 Å². The predicted octanol–water partition coefficient (Wildman–Crippen LogP) is 4.34. The van der Waals surface area contributed by atoms with Gasteiger partial charge in [-0.15, -0.1) is 0 Å². The van der Waals surface area contributed by atoms with E-state index in [0.717, 1.165) is 30.4 Å². The van der Waals surface area contributed by atoms with Gasteiger partial charge in [0.1, 0.15) is 6.04 Å². The lowest BCUT2D eigenvalue weighted by Gasteiger charge is -2.29. The van der Waals surface area contributed by atoms with E-state index < -0.39 is 6.04 Å². The van der Waals surface area contributed by atoms with Crippen LogP contribution in [-0.4, -0.2) is 29.3 Å². The number of unbranched alkanes of at least 4 members (excludes halogenated alkanes) is 2. The van der Waals surface area contributed by atoms with E-state index in [-0.39, 0.29) is 11.8 Å². The summed E-state index contributed by atoms with van der Waals surface area (Å²) >= 11 is 0. The third kappa shape index (κ3) is 7.18. The first kappa shape index (κ1) is 21.7. The Morgan fingerprint density at radius 3 is 2.14 bits per heavy atom. The van der Waals surface area contributed by atoms with Gasteiger partial charge in [0.05, 0.1) is 0 Å². The van der Waals surface area contributed by atoms with Crippen LogP contribution in [0.1, 0.15) is 50.7 Å². The van der Waals surface area contributed by atoms with E-state index in [9.17, 15) is 9.59 Å². The number of aryl methyl sites for hydroxylation is 1. The summed E-state index contributed by atoms with van der Waals surface area (Å²) < 4.78 is 0. The molecule has 4 heteroatoms. The van der Waals surface area contributed by atoms with Crippen molar-refractivity contribution in [2.24, 2.45) is 0 Å². The topological polar surface area (TPSA) is 49.4 Å². The lowest BCUT2D eigenvalue weighted by molar-refractivity contribution is -0.140. The van der Waals surface area contributed by atoms with Crippen LogP contribution in [0.5, 0.6) is 0 Å². The van der Waals surface area contributed by atoms with Crippen molar-refractivity contribution in [3.63, 3.8) is 0 Å². The maximum atomic E-state index is 13.0. The van der Waals surface area contributed by atoms with E-state index in [1.807, 2.05) is 67.6 Å². The first-order valence-corrected chi connectivity index (χ1v) is 10.3. The second kappa shape index (κ2) is 12.0. The van der Waals surface area contributed by atoms with Crippen molar-refractivity contribution in [2.75, 3.05) is 6.54 Å². The fraction of sp³-hybridized carbons (Fsp3) is 0.417. The molecule has 0 unspecified atom stereocenters. The minimum Gasteiger partial charge on any atom is -0.354 e. The average Bonchev–Trinajstić information content (AvgIpc) is 2.74. The molecule has 0 spiro atoms. The second-order valence-corrected chi connectivity index (χ2v) is 7.17. The first-order chi connectivity index (χ1) is 13.6. The first-order valence-electron chi connectivity index (χ1n) is 10.3. The molecule has 0 aliphatic rings. The van der Waals surface area contributed by atoms with Gasteiger partial charge in [0.15, 0.2) is 0 Å². The van der Waals surface area contributed by atoms with Crippen molar-refractivity contribution in [3.05, 3.63) is 71.8 Å². The average molecular weight is 381 g/mol. The molecule has 2 amide bonds. The van der Waals surface area contributed by atoms with Gasteiger partial charge >= 0.3 is 0 Å². The minimum absolute atomic E-state index is 0.00362. The maximum absolute atomic E-state index is 13.0. The summed E-state index contributed by atoms with van der Waals surface area (Å²) in [5.41, 5.74) is 2.16.